The van der Waals surface area contributed by atoms with E-state index in [2.05, 4.69) is 15.8 Å². The zero-order valence-electron chi connectivity index (χ0n) is 17.1. The van der Waals surface area contributed by atoms with Crippen molar-refractivity contribution in [2.75, 3.05) is 5.32 Å². The molecule has 0 radical (unpaired) electrons. The molecule has 0 aliphatic carbocycles. The average molecular weight is 415 g/mol. The summed E-state index contributed by atoms with van der Waals surface area (Å²) in [6, 6.07) is 20.7. The molecule has 0 fully saturated rings. The van der Waals surface area contributed by atoms with E-state index in [0.29, 0.717) is 22.6 Å². The van der Waals surface area contributed by atoms with Crippen molar-refractivity contribution in [3.8, 4) is 5.75 Å². The van der Waals surface area contributed by atoms with Crippen molar-refractivity contribution in [1.29, 1.82) is 0 Å². The van der Waals surface area contributed by atoms with E-state index in [9.17, 15) is 14.4 Å². The molecule has 31 heavy (non-hydrogen) atoms. The van der Waals surface area contributed by atoms with Gasteiger partial charge in [-0.05, 0) is 67.4 Å². The van der Waals surface area contributed by atoms with Gasteiger partial charge in [0.25, 0.3) is 0 Å². The molecule has 3 rings (SSSR count). The number of nitrogens with one attached hydrogen (secondary N) is 2. The van der Waals surface area contributed by atoms with Gasteiger partial charge in [0.05, 0.1) is 11.8 Å². The Balaban J connectivity index is 1.51. The van der Waals surface area contributed by atoms with E-state index in [1.807, 2.05) is 32.0 Å². The van der Waals surface area contributed by atoms with Crippen LogP contribution in [0.15, 0.2) is 77.9 Å². The van der Waals surface area contributed by atoms with Crippen LogP contribution in [0.3, 0.4) is 0 Å². The van der Waals surface area contributed by atoms with E-state index >= 15 is 0 Å². The number of ether oxygens (including phenoxy) is 1. The molecule has 0 bridgehead atoms. The van der Waals surface area contributed by atoms with Gasteiger partial charge in [0.2, 0.25) is 0 Å². The second-order valence-corrected chi connectivity index (χ2v) is 6.80. The molecule has 0 unspecified atom stereocenters. The van der Waals surface area contributed by atoms with Crippen molar-refractivity contribution in [1.82, 2.24) is 5.43 Å². The van der Waals surface area contributed by atoms with Crippen LogP contribution in [0.4, 0.5) is 5.69 Å². The molecular weight excluding hydrogens is 394 g/mol. The van der Waals surface area contributed by atoms with Gasteiger partial charge in [-0.15, -0.1) is 0 Å². The smallest absolute Gasteiger partial charge is 0.343 e. The van der Waals surface area contributed by atoms with Crippen LogP contribution >= 0.6 is 0 Å². The maximum absolute atomic E-state index is 12.0. The highest BCUT2D eigenvalue weighted by Gasteiger charge is 2.14. The van der Waals surface area contributed by atoms with Crippen molar-refractivity contribution in [2.45, 2.75) is 13.8 Å². The van der Waals surface area contributed by atoms with Crippen LogP contribution < -0.4 is 15.5 Å². The molecule has 3 aromatic carbocycles. The predicted octanol–water partition coefficient (Wildman–Crippen LogP) is 3.61. The Morgan fingerprint density at radius 1 is 0.871 bits per heavy atom. The van der Waals surface area contributed by atoms with Crippen molar-refractivity contribution >= 4 is 29.7 Å². The monoisotopic (exact) mass is 415 g/mol. The average Bonchev–Trinajstić information content (AvgIpc) is 2.77. The number of hydrazone groups is 1. The van der Waals surface area contributed by atoms with E-state index in [-0.39, 0.29) is 0 Å². The van der Waals surface area contributed by atoms with Gasteiger partial charge < -0.3 is 10.1 Å². The van der Waals surface area contributed by atoms with Gasteiger partial charge >= 0.3 is 17.8 Å². The fourth-order valence-electron chi connectivity index (χ4n) is 2.71. The Morgan fingerprint density at radius 3 is 2.26 bits per heavy atom. The van der Waals surface area contributed by atoms with Crippen LogP contribution in [0.5, 0.6) is 5.75 Å². The summed E-state index contributed by atoms with van der Waals surface area (Å²) >= 11 is 0. The van der Waals surface area contributed by atoms with Crippen LogP contribution in [0.2, 0.25) is 0 Å². The number of rotatable bonds is 5. The summed E-state index contributed by atoms with van der Waals surface area (Å²) in [4.78, 5) is 36.0. The lowest BCUT2D eigenvalue weighted by molar-refractivity contribution is -0.136. The predicted molar refractivity (Wildman–Crippen MR) is 118 cm³/mol. The quantitative estimate of drug-likeness (QED) is 0.219. The summed E-state index contributed by atoms with van der Waals surface area (Å²) < 4.78 is 5.30. The molecule has 0 saturated heterocycles. The third-order valence-corrected chi connectivity index (χ3v) is 4.32. The highest BCUT2D eigenvalue weighted by Crippen LogP contribution is 2.16. The number of esters is 1. The van der Waals surface area contributed by atoms with Crippen molar-refractivity contribution in [3.05, 3.63) is 95.1 Å². The number of carbonyl (C=O) groups is 3. The Kier molecular flexibility index (Phi) is 6.90. The highest BCUT2D eigenvalue weighted by atomic mass is 16.5. The number of anilines is 1. The maximum Gasteiger partial charge on any atom is 0.343 e. The molecule has 0 atom stereocenters. The summed E-state index contributed by atoms with van der Waals surface area (Å²) in [5.74, 6) is -1.77. The number of carbonyl (C=O) groups excluding carboxylic acids is 3. The number of nitrogens with zero attached hydrogens (tertiary/aromatic N) is 1. The molecular formula is C24H21N3O4. The topological polar surface area (TPSA) is 96.9 Å². The van der Waals surface area contributed by atoms with Gasteiger partial charge in [0.1, 0.15) is 5.75 Å². The minimum Gasteiger partial charge on any atom is -0.423 e. The Bertz CT molecular complexity index is 1120. The third-order valence-electron chi connectivity index (χ3n) is 4.32. The van der Waals surface area contributed by atoms with Crippen molar-refractivity contribution in [2.24, 2.45) is 5.10 Å². The molecule has 0 heterocycles. The van der Waals surface area contributed by atoms with Crippen molar-refractivity contribution in [3.63, 3.8) is 0 Å². The van der Waals surface area contributed by atoms with Gasteiger partial charge in [0.15, 0.2) is 0 Å². The second-order valence-electron chi connectivity index (χ2n) is 6.80. The lowest BCUT2D eigenvalue weighted by atomic mass is 10.1. The van der Waals surface area contributed by atoms with Gasteiger partial charge in [0, 0.05) is 5.69 Å². The van der Waals surface area contributed by atoms with Crippen LogP contribution in [0.1, 0.15) is 27.0 Å². The Morgan fingerprint density at radius 2 is 1.58 bits per heavy atom. The molecule has 3 aromatic rings. The number of hydrogen-bond acceptors (Lipinski definition) is 5. The SMILES string of the molecule is Cc1ccc(NC(=O)C(=O)NN=Cc2ccc(OC(=O)c3ccccc3)cc2)c(C)c1. The maximum atomic E-state index is 12.0. The Labute approximate surface area is 179 Å². The first-order valence-corrected chi connectivity index (χ1v) is 9.51. The number of amides is 2. The molecule has 2 amide bonds. The molecule has 0 aliphatic rings. The first-order valence-electron chi connectivity index (χ1n) is 9.51. The lowest BCUT2D eigenvalue weighted by Crippen LogP contribution is -2.32. The van der Waals surface area contributed by atoms with E-state index in [4.69, 9.17) is 4.74 Å². The molecule has 156 valence electrons. The van der Waals surface area contributed by atoms with E-state index < -0.39 is 17.8 Å². The van der Waals surface area contributed by atoms with Gasteiger partial charge in [-0.25, -0.2) is 10.2 Å². The fraction of sp³-hybridized carbons (Fsp3) is 0.0833. The summed E-state index contributed by atoms with van der Waals surface area (Å²) in [5, 5.41) is 6.34. The number of hydrogen-bond donors (Lipinski definition) is 2. The van der Waals surface area contributed by atoms with Gasteiger partial charge in [-0.3, -0.25) is 9.59 Å². The largest absolute Gasteiger partial charge is 0.423 e. The molecule has 0 aromatic heterocycles. The van der Waals surface area contributed by atoms with E-state index in [1.165, 1.54) is 6.21 Å². The van der Waals surface area contributed by atoms with Gasteiger partial charge in [-0.2, -0.15) is 5.10 Å². The third kappa shape index (κ3) is 6.11. The minimum atomic E-state index is -0.885. The normalized spacial score (nSPS) is 10.5. The second kappa shape index (κ2) is 9.98. The first kappa shape index (κ1) is 21.4. The molecule has 0 saturated carbocycles. The molecule has 2 N–H and O–H groups in total. The van der Waals surface area contributed by atoms with E-state index in [0.717, 1.165) is 11.1 Å². The zero-order valence-corrected chi connectivity index (χ0v) is 17.1. The summed E-state index contributed by atoms with van der Waals surface area (Å²) in [5.41, 5.74) is 5.77. The van der Waals surface area contributed by atoms with Crippen molar-refractivity contribution < 1.29 is 19.1 Å². The first-order chi connectivity index (χ1) is 14.9. The van der Waals surface area contributed by atoms with Crippen LogP contribution in [0, 0.1) is 13.8 Å². The highest BCUT2D eigenvalue weighted by molar-refractivity contribution is 6.39. The van der Waals surface area contributed by atoms with Crippen LogP contribution in [-0.4, -0.2) is 24.0 Å². The molecule has 0 aliphatic heterocycles. The van der Waals surface area contributed by atoms with Crippen LogP contribution in [-0.2, 0) is 9.59 Å². The minimum absolute atomic E-state index is 0.378. The summed E-state index contributed by atoms with van der Waals surface area (Å²) in [6.45, 7) is 3.79. The summed E-state index contributed by atoms with van der Waals surface area (Å²) in [6.07, 6.45) is 1.38. The van der Waals surface area contributed by atoms with E-state index in [1.54, 1.807) is 54.6 Å². The standard InChI is InChI=1S/C24H21N3O4/c1-16-8-13-21(17(2)14-16)26-22(28)23(29)27-25-15-18-9-11-20(12-10-18)31-24(30)19-6-4-3-5-7-19/h3-15H,1-2H3,(H,26,28)(H,27,29). The molecule has 0 spiro atoms. The Hall–Kier alpha value is -4.26. The zero-order chi connectivity index (χ0) is 22.2. The lowest BCUT2D eigenvalue weighted by Gasteiger charge is -2.08. The molecule has 7 nitrogen and oxygen atoms in total. The fourth-order valence-corrected chi connectivity index (χ4v) is 2.71. The van der Waals surface area contributed by atoms with Gasteiger partial charge in [-0.1, -0.05) is 35.9 Å². The molecule has 7 heteroatoms. The number of aryl methyl sites for hydroxylation is 2. The summed E-state index contributed by atoms with van der Waals surface area (Å²) in [7, 11) is 0. The number of benzene rings is 3. The van der Waals surface area contributed by atoms with Crippen LogP contribution in [0.25, 0.3) is 0 Å².